The lowest BCUT2D eigenvalue weighted by molar-refractivity contribution is -0.141. The smallest absolute Gasteiger partial charge is 0.487 e. The van der Waals surface area contributed by atoms with Gasteiger partial charge in [0.25, 0.3) is 31.6 Å². The van der Waals surface area contributed by atoms with Crippen molar-refractivity contribution in [2.24, 2.45) is 11.3 Å². The van der Waals surface area contributed by atoms with Gasteiger partial charge in [-0.05, 0) is 151 Å². The lowest BCUT2D eigenvalue weighted by Gasteiger charge is -2.43. The Morgan fingerprint density at radius 1 is 0.880 bits per heavy atom. The number of amides is 4. The number of carbonyl (C=O) groups is 4. The van der Waals surface area contributed by atoms with Gasteiger partial charge >= 0.3 is 5.51 Å². The lowest BCUT2D eigenvalue weighted by Crippen LogP contribution is -2.55. The number of aliphatic hydroxyl groups is 2. The molecule has 0 saturated carbocycles. The maximum atomic E-state index is 14.6. The molecule has 2 aromatic heterocycles. The molecule has 1 aliphatic carbocycles. The number of nitrogens with zero attached hydrogens (tertiary/aromatic N) is 7. The number of aliphatic hydroxyl groups excluding tert-OH is 2. The van der Waals surface area contributed by atoms with Gasteiger partial charge in [-0.2, -0.15) is 13.2 Å². The number of halogens is 4. The highest BCUT2D eigenvalue weighted by Crippen LogP contribution is 2.45. The van der Waals surface area contributed by atoms with E-state index in [1.807, 2.05) is 84.1 Å². The van der Waals surface area contributed by atoms with E-state index in [9.17, 15) is 59.4 Å². The molecule has 108 heavy (non-hydrogen) atoms. The van der Waals surface area contributed by atoms with E-state index in [1.54, 1.807) is 28.6 Å². The Balaban J connectivity index is 0.612. The third-order valence-electron chi connectivity index (χ3n) is 20.6. The van der Waals surface area contributed by atoms with Crippen molar-refractivity contribution in [1.82, 2.24) is 39.8 Å². The molecule has 5 atom stereocenters. The SMILES string of the molecule is CC(C)[C@H](C(=O)N1C[C@H](O)C[C@H]1C(=O)NCc1ccc2c(c1)OCc1ncsc1-2)c1cc(OCCCCC(=O)N2CCN(CC[C@H](CSc3ccccc3)Nc3ccc(S(=O)(=O)NC(=O)c4ccc(N5CCN(CC6=C(c7ccc(Cl)cc7)CCC(C)(C)C6)C[C@@H]5CO)cc4)cc3S(=O)(=O)C(F)(F)F)CC2)no1. The average molecular weight is 1580 g/mol. The van der Waals surface area contributed by atoms with Crippen LogP contribution < -0.4 is 29.7 Å². The zero-order chi connectivity index (χ0) is 76.7. The van der Waals surface area contributed by atoms with E-state index in [0.717, 1.165) is 70.1 Å². The summed E-state index contributed by atoms with van der Waals surface area (Å²) in [6.45, 7) is 13.4. The number of β-amino-alcohol motifs (C(OH)–C–C–N with tert-alkyl or cyclic N) is 1. The van der Waals surface area contributed by atoms with Gasteiger partial charge in [-0.15, -0.1) is 23.1 Å². The number of anilines is 2. The van der Waals surface area contributed by atoms with Gasteiger partial charge in [-0.1, -0.05) is 81.3 Å². The van der Waals surface area contributed by atoms with Crippen LogP contribution in [-0.2, 0) is 47.4 Å². The molecule has 0 bridgehead atoms. The van der Waals surface area contributed by atoms with Gasteiger partial charge in [-0.25, -0.2) is 26.5 Å². The topological polar surface area (TPSA) is 287 Å². The normalized spacial score (nSPS) is 19.1. The third kappa shape index (κ3) is 19.2. The first kappa shape index (κ1) is 79.5. The van der Waals surface area contributed by atoms with Crippen LogP contribution in [0.4, 0.5) is 24.5 Å². The van der Waals surface area contributed by atoms with Crippen LogP contribution in [-0.4, -0.2) is 195 Å². The largest absolute Gasteiger partial charge is 0.501 e. The number of allylic oxidation sites excluding steroid dienone is 1. The number of piperazine rings is 2. The number of sulfone groups is 1. The second-order valence-corrected chi connectivity index (χ2v) is 35.2. The molecule has 3 fully saturated rings. The van der Waals surface area contributed by atoms with Gasteiger partial charge in [0.05, 0.1) is 52.0 Å². The number of hydrogen-bond donors (Lipinski definition) is 5. The molecule has 12 rings (SSSR count). The number of aromatic nitrogens is 2. The summed E-state index contributed by atoms with van der Waals surface area (Å²) in [5.74, 6) is -1.77. The average Bonchev–Trinajstić information content (AvgIpc) is 0.930. The molecule has 23 nitrogen and oxygen atoms in total. The second-order valence-electron chi connectivity index (χ2n) is 29.2. The van der Waals surface area contributed by atoms with Gasteiger partial charge in [-0.3, -0.25) is 29.0 Å². The predicted molar refractivity (Wildman–Crippen MR) is 407 cm³/mol. The van der Waals surface area contributed by atoms with E-state index in [4.69, 9.17) is 25.6 Å². The highest BCUT2D eigenvalue weighted by atomic mass is 35.5. The Kier molecular flexibility index (Phi) is 25.4. The van der Waals surface area contributed by atoms with E-state index in [2.05, 4.69) is 56.6 Å². The van der Waals surface area contributed by atoms with E-state index in [-0.39, 0.29) is 85.4 Å². The van der Waals surface area contributed by atoms with Gasteiger partial charge in [0.2, 0.25) is 17.7 Å². The lowest BCUT2D eigenvalue weighted by atomic mass is 9.72. The molecular formula is C77H90ClF3N10O13S4. The summed E-state index contributed by atoms with van der Waals surface area (Å²) in [4.78, 5) is 68.8. The summed E-state index contributed by atoms with van der Waals surface area (Å²) in [6.07, 6.45) is 3.57. The quantitative estimate of drug-likeness (QED) is 0.0215. The molecule has 0 spiro atoms. The summed E-state index contributed by atoms with van der Waals surface area (Å²) in [6, 6.07) is 30.8. The van der Waals surface area contributed by atoms with Crippen molar-refractivity contribution in [3.63, 3.8) is 0 Å². The monoisotopic (exact) mass is 1580 g/mol. The number of carbonyl (C=O) groups excluding carboxylic acids is 4. The van der Waals surface area contributed by atoms with E-state index in [0.29, 0.717) is 101 Å². The second kappa shape index (κ2) is 34.5. The van der Waals surface area contributed by atoms with Gasteiger partial charge < -0.3 is 49.5 Å². The van der Waals surface area contributed by atoms with Crippen molar-refractivity contribution >= 4 is 95.1 Å². The minimum Gasteiger partial charge on any atom is -0.487 e. The van der Waals surface area contributed by atoms with Crippen LogP contribution >= 0.6 is 34.7 Å². The molecule has 0 unspecified atom stereocenters. The number of likely N-dealkylation sites (tertiary alicyclic amines) is 1. The molecular weight excluding hydrogens is 1490 g/mol. The van der Waals surface area contributed by atoms with Crippen molar-refractivity contribution in [3.05, 3.63) is 166 Å². The fraction of sp³-hybridized carbons (Fsp3) is 0.455. The molecule has 578 valence electrons. The zero-order valence-electron chi connectivity index (χ0n) is 60.5. The molecule has 0 radical (unpaired) electrons. The summed E-state index contributed by atoms with van der Waals surface area (Å²) in [7, 11) is -11.2. The van der Waals surface area contributed by atoms with Gasteiger partial charge in [0, 0.05) is 129 Å². The number of rotatable bonds is 29. The maximum absolute atomic E-state index is 14.6. The summed E-state index contributed by atoms with van der Waals surface area (Å²) < 4.78 is 118. The number of benzene rings is 5. The standard InChI is InChI=1S/C77H90ClF3N10O13S4/c1-49(2)71(75(97)91-44-58(93)37-65(91)74(96)82-41-50-13-23-62-66(36-50)103-46-64-72(62)106-48-83-64)67-39-69(85-104-67)102-35-9-8-12-70(94)89-32-29-87(30-33-89)28-26-55(47-105-59-10-6-5-7-11-59)84-63-24-22-60(38-68(63)107(98,99)77(79,80)81)108(100,101)86-73(95)52-16-20-56(21-17-52)90-34-31-88(43-57(90)45-92)42-53-40-76(3,4)27-25-61(53)51-14-18-54(78)19-15-51/h5-7,10-11,13-24,36,38-39,48-49,55,57-58,65,71,84,92-93H,8-9,12,25-35,37,40-47H2,1-4H3,(H,82,96)(H,86,95)/t55-,57-,58-,65+,71+/m1/s1. The molecule has 7 aromatic rings. The Morgan fingerprint density at radius 2 is 1.63 bits per heavy atom. The molecule has 5 aliphatic rings. The van der Waals surface area contributed by atoms with E-state index < -0.39 is 82.7 Å². The first-order chi connectivity index (χ1) is 51.6. The molecule has 5 N–H and O–H groups in total. The van der Waals surface area contributed by atoms with E-state index in [1.165, 1.54) is 51.3 Å². The molecule has 5 aromatic carbocycles. The van der Waals surface area contributed by atoms with Gasteiger partial charge in [0.1, 0.15) is 29.2 Å². The Bertz CT molecular complexity index is 4620. The number of hydrogen-bond acceptors (Lipinski definition) is 21. The maximum Gasteiger partial charge on any atom is 0.501 e. The minimum absolute atomic E-state index is 0.0365. The molecule has 4 amide bonds. The van der Waals surface area contributed by atoms with Crippen molar-refractivity contribution in [2.75, 3.05) is 94.6 Å². The number of nitrogens with one attached hydrogen (secondary N) is 3. The third-order valence-corrected chi connectivity index (χ3v) is 25.8. The van der Waals surface area contributed by atoms with Crippen molar-refractivity contribution in [3.8, 4) is 22.1 Å². The number of sulfonamides is 1. The number of ether oxygens (including phenoxy) is 2. The fourth-order valence-corrected chi connectivity index (χ4v) is 18.7. The number of thiazole rings is 1. The fourth-order valence-electron chi connectivity index (χ4n) is 14.7. The minimum atomic E-state index is -6.21. The van der Waals surface area contributed by atoms with Crippen molar-refractivity contribution in [1.29, 1.82) is 0 Å². The number of thioether (sulfide) groups is 1. The first-order valence-electron chi connectivity index (χ1n) is 36.3. The molecule has 4 aliphatic heterocycles. The van der Waals surface area contributed by atoms with Crippen molar-refractivity contribution < 1.29 is 73.4 Å². The molecule has 6 heterocycles. The van der Waals surface area contributed by atoms with Crippen LogP contribution in [0.2, 0.25) is 5.02 Å². The first-order valence-corrected chi connectivity index (χ1v) is 41.5. The van der Waals surface area contributed by atoms with Crippen LogP contribution in [0.3, 0.4) is 0 Å². The van der Waals surface area contributed by atoms with Crippen molar-refractivity contribution in [2.45, 2.75) is 143 Å². The summed E-state index contributed by atoms with van der Waals surface area (Å²) >= 11 is 9.16. The Hall–Kier alpha value is -8.07. The molecule has 3 saturated heterocycles. The Labute approximate surface area is 640 Å². The predicted octanol–water partition coefficient (Wildman–Crippen LogP) is 11.3. The number of fused-ring (bicyclic) bond motifs is 3. The van der Waals surface area contributed by atoms with E-state index >= 15 is 0 Å². The highest BCUT2D eigenvalue weighted by Gasteiger charge is 2.49. The Morgan fingerprint density at radius 3 is 2.36 bits per heavy atom. The van der Waals surface area contributed by atoms with Crippen LogP contribution in [0.25, 0.3) is 16.0 Å². The van der Waals surface area contributed by atoms with Crippen LogP contribution in [0.1, 0.15) is 118 Å². The number of unbranched alkanes of at least 4 members (excludes halogenated alkanes) is 1. The summed E-state index contributed by atoms with van der Waals surface area (Å²) in [5, 5.41) is 32.1. The number of alkyl halides is 3. The molecule has 31 heteroatoms. The van der Waals surface area contributed by atoms with Crippen LogP contribution in [0, 0.1) is 11.3 Å². The zero-order valence-corrected chi connectivity index (χ0v) is 64.5. The highest BCUT2D eigenvalue weighted by molar-refractivity contribution is 7.99. The summed E-state index contributed by atoms with van der Waals surface area (Å²) in [5.41, 5.74) is 2.59. The van der Waals surface area contributed by atoms with Gasteiger partial charge in [0.15, 0.2) is 5.76 Å². The van der Waals surface area contributed by atoms with Crippen LogP contribution in [0.15, 0.2) is 152 Å². The van der Waals surface area contributed by atoms with Crippen LogP contribution in [0.5, 0.6) is 11.6 Å².